The molecule has 0 fully saturated rings. The molecule has 0 aliphatic carbocycles. The van der Waals surface area contributed by atoms with Gasteiger partial charge in [-0.25, -0.2) is 0 Å². The number of rotatable bonds is 9. The van der Waals surface area contributed by atoms with E-state index < -0.39 is 4.92 Å². The summed E-state index contributed by atoms with van der Waals surface area (Å²) in [6, 6.07) is 11.3. The van der Waals surface area contributed by atoms with Crippen molar-refractivity contribution in [3.05, 3.63) is 52.6 Å². The zero-order valence-electron chi connectivity index (χ0n) is 14.6. The van der Waals surface area contributed by atoms with Crippen molar-refractivity contribution in [3.63, 3.8) is 0 Å². The number of benzene rings is 2. The second-order valence-electron chi connectivity index (χ2n) is 5.29. The van der Waals surface area contributed by atoms with E-state index in [0.717, 1.165) is 0 Å². The Kier molecular flexibility index (Phi) is 6.78. The van der Waals surface area contributed by atoms with Gasteiger partial charge in [-0.1, -0.05) is 12.1 Å². The molecule has 2 aromatic rings. The van der Waals surface area contributed by atoms with E-state index in [2.05, 4.69) is 5.32 Å². The highest BCUT2D eigenvalue weighted by molar-refractivity contribution is 5.92. The largest absolute Gasteiger partial charge is 0.494 e. The number of nitro benzene ring substituents is 1. The molecule has 0 saturated heterocycles. The van der Waals surface area contributed by atoms with Crippen LogP contribution in [0.4, 0.5) is 11.4 Å². The van der Waals surface area contributed by atoms with E-state index in [1.54, 1.807) is 19.2 Å². The number of amides is 1. The van der Waals surface area contributed by atoms with Gasteiger partial charge in [0.2, 0.25) is 5.91 Å². The summed E-state index contributed by atoms with van der Waals surface area (Å²) < 4.78 is 15.9. The van der Waals surface area contributed by atoms with Gasteiger partial charge in [0.25, 0.3) is 5.69 Å². The third-order valence-corrected chi connectivity index (χ3v) is 3.54. The smallest absolute Gasteiger partial charge is 0.273 e. The number of nitrogens with one attached hydrogen (secondary N) is 1. The van der Waals surface area contributed by atoms with Gasteiger partial charge in [-0.2, -0.15) is 0 Å². The summed E-state index contributed by atoms with van der Waals surface area (Å²) in [4.78, 5) is 22.3. The van der Waals surface area contributed by atoms with Crippen LogP contribution in [0.2, 0.25) is 0 Å². The summed E-state index contributed by atoms with van der Waals surface area (Å²) in [5.41, 5.74) is 0.277. The van der Waals surface area contributed by atoms with Crippen molar-refractivity contribution in [2.45, 2.75) is 12.8 Å². The average Bonchev–Trinajstić information content (AvgIpc) is 2.65. The van der Waals surface area contributed by atoms with Crippen LogP contribution in [0.5, 0.6) is 17.2 Å². The third-order valence-electron chi connectivity index (χ3n) is 3.54. The molecule has 0 aromatic heterocycles. The number of non-ortho nitro benzene ring substituents is 1. The highest BCUT2D eigenvalue weighted by atomic mass is 16.6. The van der Waals surface area contributed by atoms with Gasteiger partial charge >= 0.3 is 0 Å². The SMILES string of the molecule is COc1cc([N+](=O)[O-])ccc1NC(=O)CCCOc1ccccc1OC. The van der Waals surface area contributed by atoms with Crippen LogP contribution in [0.25, 0.3) is 0 Å². The molecule has 1 N–H and O–H groups in total. The summed E-state index contributed by atoms with van der Waals surface area (Å²) in [6.07, 6.45) is 0.731. The van der Waals surface area contributed by atoms with Crippen LogP contribution in [-0.2, 0) is 4.79 Å². The zero-order chi connectivity index (χ0) is 18.9. The lowest BCUT2D eigenvalue weighted by Gasteiger charge is -2.11. The van der Waals surface area contributed by atoms with E-state index in [4.69, 9.17) is 14.2 Å². The van der Waals surface area contributed by atoms with Crippen LogP contribution >= 0.6 is 0 Å². The minimum absolute atomic E-state index is 0.106. The number of nitrogens with zero attached hydrogens (tertiary/aromatic N) is 1. The predicted octanol–water partition coefficient (Wildman–Crippen LogP) is 3.41. The molecule has 0 spiro atoms. The van der Waals surface area contributed by atoms with E-state index in [9.17, 15) is 14.9 Å². The van der Waals surface area contributed by atoms with Gasteiger partial charge in [0.15, 0.2) is 11.5 Å². The number of hydrogen-bond donors (Lipinski definition) is 1. The van der Waals surface area contributed by atoms with E-state index in [1.165, 1.54) is 25.3 Å². The van der Waals surface area contributed by atoms with Gasteiger partial charge < -0.3 is 19.5 Å². The first-order valence-corrected chi connectivity index (χ1v) is 7.93. The second kappa shape index (κ2) is 9.26. The monoisotopic (exact) mass is 360 g/mol. The lowest BCUT2D eigenvalue weighted by molar-refractivity contribution is -0.384. The summed E-state index contributed by atoms with van der Waals surface area (Å²) >= 11 is 0. The molecule has 2 aromatic carbocycles. The number of para-hydroxylation sites is 2. The summed E-state index contributed by atoms with van der Waals surface area (Å²) in [5.74, 6) is 1.25. The van der Waals surface area contributed by atoms with Gasteiger partial charge in [0, 0.05) is 12.5 Å². The van der Waals surface area contributed by atoms with E-state index in [-0.39, 0.29) is 23.8 Å². The first kappa shape index (κ1) is 19.0. The molecule has 0 bridgehead atoms. The average molecular weight is 360 g/mol. The molecule has 8 heteroatoms. The minimum atomic E-state index is -0.524. The Hall–Kier alpha value is -3.29. The number of anilines is 1. The molecular formula is C18H20N2O6. The molecule has 0 atom stereocenters. The molecule has 138 valence electrons. The van der Waals surface area contributed by atoms with Crippen molar-refractivity contribution < 1.29 is 23.9 Å². The van der Waals surface area contributed by atoms with Crippen molar-refractivity contribution in [1.82, 2.24) is 0 Å². The van der Waals surface area contributed by atoms with Gasteiger partial charge in [0.05, 0.1) is 37.5 Å². The number of ether oxygens (including phenoxy) is 3. The first-order valence-electron chi connectivity index (χ1n) is 7.93. The molecule has 8 nitrogen and oxygen atoms in total. The molecule has 0 saturated carbocycles. The fourth-order valence-electron chi connectivity index (χ4n) is 2.26. The first-order chi connectivity index (χ1) is 12.5. The highest BCUT2D eigenvalue weighted by Crippen LogP contribution is 2.29. The summed E-state index contributed by atoms with van der Waals surface area (Å²) in [7, 11) is 2.95. The van der Waals surface area contributed by atoms with Crippen molar-refractivity contribution in [2.24, 2.45) is 0 Å². The lowest BCUT2D eigenvalue weighted by Crippen LogP contribution is -2.13. The van der Waals surface area contributed by atoms with E-state index in [1.807, 2.05) is 12.1 Å². The Morgan fingerprint density at radius 2 is 1.77 bits per heavy atom. The quantitative estimate of drug-likeness (QED) is 0.418. The van der Waals surface area contributed by atoms with Crippen molar-refractivity contribution in [1.29, 1.82) is 0 Å². The number of carbonyl (C=O) groups excluding carboxylic acids is 1. The fourth-order valence-corrected chi connectivity index (χ4v) is 2.26. The van der Waals surface area contributed by atoms with Gasteiger partial charge in [-0.3, -0.25) is 14.9 Å². The number of nitro groups is 1. The van der Waals surface area contributed by atoms with Crippen LogP contribution in [0.3, 0.4) is 0 Å². The Labute approximate surface area is 150 Å². The topological polar surface area (TPSA) is 99.9 Å². The van der Waals surface area contributed by atoms with Crippen LogP contribution in [0.1, 0.15) is 12.8 Å². The molecule has 1 amide bonds. The predicted molar refractivity (Wildman–Crippen MR) is 96.0 cm³/mol. The van der Waals surface area contributed by atoms with Crippen LogP contribution in [0, 0.1) is 10.1 Å². The Balaban J connectivity index is 1.84. The highest BCUT2D eigenvalue weighted by Gasteiger charge is 2.13. The van der Waals surface area contributed by atoms with E-state index >= 15 is 0 Å². The second-order valence-corrected chi connectivity index (χ2v) is 5.29. The molecular weight excluding hydrogens is 340 g/mol. The maximum Gasteiger partial charge on any atom is 0.273 e. The van der Waals surface area contributed by atoms with Crippen molar-refractivity contribution in [3.8, 4) is 17.2 Å². The maximum absolute atomic E-state index is 12.1. The standard InChI is InChI=1S/C18H20N2O6/c1-24-15-6-3-4-7-16(15)26-11-5-8-18(21)19-14-10-9-13(20(22)23)12-17(14)25-2/h3-4,6-7,9-10,12H,5,8,11H2,1-2H3,(H,19,21). The Bertz CT molecular complexity index is 778. The number of carbonyl (C=O) groups is 1. The number of methoxy groups -OCH3 is 2. The van der Waals surface area contributed by atoms with Gasteiger partial charge in [-0.05, 0) is 24.6 Å². The summed E-state index contributed by atoms with van der Waals surface area (Å²) in [5, 5.41) is 13.5. The van der Waals surface area contributed by atoms with Crippen molar-refractivity contribution in [2.75, 3.05) is 26.1 Å². The minimum Gasteiger partial charge on any atom is -0.494 e. The molecule has 2 rings (SSSR count). The third kappa shape index (κ3) is 5.10. The Morgan fingerprint density at radius 1 is 1.08 bits per heavy atom. The number of hydrogen-bond acceptors (Lipinski definition) is 6. The maximum atomic E-state index is 12.1. The molecule has 0 heterocycles. The zero-order valence-corrected chi connectivity index (χ0v) is 14.6. The van der Waals surface area contributed by atoms with Gasteiger partial charge in [0.1, 0.15) is 5.75 Å². The van der Waals surface area contributed by atoms with Crippen molar-refractivity contribution >= 4 is 17.3 Å². The van der Waals surface area contributed by atoms with Crippen LogP contribution < -0.4 is 19.5 Å². The normalized spacial score (nSPS) is 10.1. The molecule has 0 radical (unpaired) electrons. The fraction of sp³-hybridized carbons (Fsp3) is 0.278. The van der Waals surface area contributed by atoms with Crippen LogP contribution in [-0.4, -0.2) is 31.7 Å². The molecule has 0 aliphatic rings. The lowest BCUT2D eigenvalue weighted by atomic mass is 10.2. The van der Waals surface area contributed by atoms with E-state index in [0.29, 0.717) is 30.2 Å². The molecule has 0 aliphatic heterocycles. The van der Waals surface area contributed by atoms with Crippen LogP contribution in [0.15, 0.2) is 42.5 Å². The van der Waals surface area contributed by atoms with Gasteiger partial charge in [-0.15, -0.1) is 0 Å². The molecule has 0 unspecified atom stereocenters. The molecule has 26 heavy (non-hydrogen) atoms. The summed E-state index contributed by atoms with van der Waals surface area (Å²) in [6.45, 7) is 0.352. The Morgan fingerprint density at radius 3 is 2.42 bits per heavy atom.